The third-order valence-corrected chi connectivity index (χ3v) is 6.07. The van der Waals surface area contributed by atoms with Gasteiger partial charge in [0.1, 0.15) is 0 Å². The molecule has 23 heavy (non-hydrogen) atoms. The van der Waals surface area contributed by atoms with Crippen molar-refractivity contribution < 1.29 is 4.79 Å². The summed E-state index contributed by atoms with van der Waals surface area (Å²) in [6.45, 7) is 0. The molecule has 2 atom stereocenters. The molecule has 5 nitrogen and oxygen atoms in total. The number of carbonyl (C=O) groups excluding carboxylic acids is 1. The van der Waals surface area contributed by atoms with Crippen LogP contribution in [-0.2, 0) is 10.5 Å². The standard InChI is InChI=1S/C16H20N4OS2/c17-13-8-4-7-12(13)9-14(21)18-15-19-20-16(23-15)22-10-11-5-2-1-3-6-11/h1-3,5-6,12-13H,4,7-10,17H2,(H,18,19,21)/t12-,13+/m0/s1. The normalized spacial score (nSPS) is 20.6. The molecule has 0 radical (unpaired) electrons. The van der Waals surface area contributed by atoms with Crippen molar-refractivity contribution >= 4 is 34.1 Å². The second-order valence-electron chi connectivity index (χ2n) is 5.75. The zero-order chi connectivity index (χ0) is 16.1. The molecule has 0 unspecified atom stereocenters. The number of nitrogens with two attached hydrogens (primary N) is 1. The maximum Gasteiger partial charge on any atom is 0.226 e. The second-order valence-corrected chi connectivity index (χ2v) is 7.95. The van der Waals surface area contributed by atoms with Gasteiger partial charge in [-0.3, -0.25) is 4.79 Å². The molecule has 7 heteroatoms. The van der Waals surface area contributed by atoms with E-state index in [1.165, 1.54) is 16.9 Å². The fourth-order valence-corrected chi connectivity index (χ4v) is 4.49. The molecule has 0 spiro atoms. The van der Waals surface area contributed by atoms with Crippen LogP contribution in [0.3, 0.4) is 0 Å². The van der Waals surface area contributed by atoms with Crippen LogP contribution in [0.1, 0.15) is 31.2 Å². The Morgan fingerprint density at radius 3 is 2.87 bits per heavy atom. The number of hydrogen-bond donors (Lipinski definition) is 2. The van der Waals surface area contributed by atoms with Crippen LogP contribution in [0.2, 0.25) is 0 Å². The van der Waals surface area contributed by atoms with Gasteiger partial charge in [0, 0.05) is 18.2 Å². The van der Waals surface area contributed by atoms with E-state index in [0.717, 1.165) is 29.4 Å². The quantitative estimate of drug-likeness (QED) is 0.618. The summed E-state index contributed by atoms with van der Waals surface area (Å²) in [5.74, 6) is 1.14. The topological polar surface area (TPSA) is 80.9 Å². The van der Waals surface area contributed by atoms with E-state index in [1.54, 1.807) is 11.8 Å². The number of amides is 1. The molecule has 122 valence electrons. The van der Waals surface area contributed by atoms with E-state index < -0.39 is 0 Å². The van der Waals surface area contributed by atoms with Crippen molar-refractivity contribution in [1.82, 2.24) is 10.2 Å². The molecule has 1 heterocycles. The Morgan fingerprint density at radius 2 is 2.13 bits per heavy atom. The average molecular weight is 348 g/mol. The predicted octanol–water partition coefficient (Wildman–Crippen LogP) is 3.29. The Labute approximate surface area is 144 Å². The first-order valence-corrected chi connectivity index (χ1v) is 9.56. The highest BCUT2D eigenvalue weighted by atomic mass is 32.2. The minimum absolute atomic E-state index is 0.0110. The molecule has 1 aliphatic rings. The summed E-state index contributed by atoms with van der Waals surface area (Å²) in [6.07, 6.45) is 3.67. The van der Waals surface area contributed by atoms with E-state index in [4.69, 9.17) is 5.73 Å². The van der Waals surface area contributed by atoms with Crippen molar-refractivity contribution in [3.8, 4) is 0 Å². The summed E-state index contributed by atoms with van der Waals surface area (Å²) in [7, 11) is 0. The fourth-order valence-electron chi connectivity index (χ4n) is 2.77. The van der Waals surface area contributed by atoms with Crippen molar-refractivity contribution in [3.05, 3.63) is 35.9 Å². The van der Waals surface area contributed by atoms with Gasteiger partial charge in [-0.2, -0.15) is 0 Å². The predicted molar refractivity (Wildman–Crippen MR) is 94.5 cm³/mol. The highest BCUT2D eigenvalue weighted by Gasteiger charge is 2.26. The smallest absolute Gasteiger partial charge is 0.226 e. The van der Waals surface area contributed by atoms with Gasteiger partial charge in [0.05, 0.1) is 0 Å². The first-order chi connectivity index (χ1) is 11.2. The van der Waals surface area contributed by atoms with Crippen LogP contribution >= 0.6 is 23.1 Å². The van der Waals surface area contributed by atoms with E-state index in [1.807, 2.05) is 18.2 Å². The zero-order valence-corrected chi connectivity index (χ0v) is 14.4. The van der Waals surface area contributed by atoms with Gasteiger partial charge in [0.25, 0.3) is 0 Å². The number of benzene rings is 1. The van der Waals surface area contributed by atoms with Gasteiger partial charge in [-0.05, 0) is 24.3 Å². The largest absolute Gasteiger partial charge is 0.327 e. The number of thioether (sulfide) groups is 1. The number of anilines is 1. The number of rotatable bonds is 6. The molecule has 3 N–H and O–H groups in total. The molecular formula is C16H20N4OS2. The molecule has 2 aromatic rings. The van der Waals surface area contributed by atoms with E-state index in [0.29, 0.717) is 17.5 Å². The van der Waals surface area contributed by atoms with Crippen molar-refractivity contribution in [2.75, 3.05) is 5.32 Å². The monoisotopic (exact) mass is 348 g/mol. The van der Waals surface area contributed by atoms with Gasteiger partial charge < -0.3 is 11.1 Å². The van der Waals surface area contributed by atoms with Crippen LogP contribution < -0.4 is 11.1 Å². The van der Waals surface area contributed by atoms with Gasteiger partial charge >= 0.3 is 0 Å². The molecule has 1 aromatic carbocycles. The maximum absolute atomic E-state index is 12.1. The van der Waals surface area contributed by atoms with Gasteiger partial charge in [-0.15, -0.1) is 10.2 Å². The highest BCUT2D eigenvalue weighted by molar-refractivity contribution is 8.00. The molecule has 1 amide bonds. The SMILES string of the molecule is N[C@@H]1CCC[C@H]1CC(=O)Nc1nnc(SCc2ccccc2)s1. The van der Waals surface area contributed by atoms with Gasteiger partial charge in [0.2, 0.25) is 11.0 Å². The van der Waals surface area contributed by atoms with Crippen molar-refractivity contribution in [1.29, 1.82) is 0 Å². The average Bonchev–Trinajstić information content (AvgIpc) is 3.16. The molecule has 0 aliphatic heterocycles. The van der Waals surface area contributed by atoms with Crippen LogP contribution in [0.25, 0.3) is 0 Å². The lowest BCUT2D eigenvalue weighted by molar-refractivity contribution is -0.117. The zero-order valence-electron chi connectivity index (χ0n) is 12.8. The Bertz CT molecular complexity index is 647. The van der Waals surface area contributed by atoms with Gasteiger partial charge in [-0.25, -0.2) is 0 Å². The summed E-state index contributed by atoms with van der Waals surface area (Å²) in [4.78, 5) is 12.1. The van der Waals surface area contributed by atoms with E-state index >= 15 is 0 Å². The summed E-state index contributed by atoms with van der Waals surface area (Å²) in [5, 5.41) is 11.6. The number of nitrogens with zero attached hydrogens (tertiary/aromatic N) is 2. The first-order valence-electron chi connectivity index (χ1n) is 7.76. The summed E-state index contributed by atoms with van der Waals surface area (Å²) in [5.41, 5.74) is 7.25. The van der Waals surface area contributed by atoms with E-state index in [9.17, 15) is 4.79 Å². The summed E-state index contributed by atoms with van der Waals surface area (Å²) in [6, 6.07) is 10.4. The Morgan fingerprint density at radius 1 is 1.30 bits per heavy atom. The maximum atomic E-state index is 12.1. The summed E-state index contributed by atoms with van der Waals surface area (Å²) < 4.78 is 0.863. The lowest BCUT2D eigenvalue weighted by atomic mass is 10.00. The van der Waals surface area contributed by atoms with Crippen molar-refractivity contribution in [2.24, 2.45) is 11.7 Å². The fraction of sp³-hybridized carbons (Fsp3) is 0.438. The van der Waals surface area contributed by atoms with Crippen molar-refractivity contribution in [2.45, 2.75) is 41.8 Å². The van der Waals surface area contributed by atoms with Crippen molar-refractivity contribution in [3.63, 3.8) is 0 Å². The van der Waals surface area contributed by atoms with Crippen LogP contribution in [0.4, 0.5) is 5.13 Å². The lowest BCUT2D eigenvalue weighted by Gasteiger charge is -2.13. The van der Waals surface area contributed by atoms with Crippen LogP contribution in [-0.4, -0.2) is 22.1 Å². The first kappa shape index (κ1) is 16.4. The molecule has 1 fully saturated rings. The van der Waals surface area contributed by atoms with E-state index in [-0.39, 0.29) is 11.9 Å². The number of aromatic nitrogens is 2. The minimum atomic E-state index is -0.0110. The second kappa shape index (κ2) is 7.90. The molecule has 1 saturated carbocycles. The molecular weight excluding hydrogens is 328 g/mol. The Balaban J connectivity index is 1.48. The number of hydrogen-bond acceptors (Lipinski definition) is 6. The third kappa shape index (κ3) is 4.76. The summed E-state index contributed by atoms with van der Waals surface area (Å²) >= 11 is 3.05. The molecule has 0 bridgehead atoms. The van der Waals surface area contributed by atoms with Gasteiger partial charge in [-0.1, -0.05) is 59.9 Å². The van der Waals surface area contributed by atoms with Crippen LogP contribution in [0, 0.1) is 5.92 Å². The molecule has 1 aromatic heterocycles. The molecule has 1 aliphatic carbocycles. The number of nitrogens with one attached hydrogen (secondary N) is 1. The minimum Gasteiger partial charge on any atom is -0.327 e. The van der Waals surface area contributed by atoms with Gasteiger partial charge in [0.15, 0.2) is 4.34 Å². The van der Waals surface area contributed by atoms with Crippen LogP contribution in [0.15, 0.2) is 34.7 Å². The Kier molecular flexibility index (Phi) is 5.64. The van der Waals surface area contributed by atoms with E-state index in [2.05, 4.69) is 27.6 Å². The molecule has 0 saturated heterocycles. The molecule has 3 rings (SSSR count). The third-order valence-electron chi connectivity index (χ3n) is 4.02. The Hall–Kier alpha value is -1.44. The van der Waals surface area contributed by atoms with Crippen LogP contribution in [0.5, 0.6) is 0 Å². The number of carbonyl (C=O) groups is 1. The lowest BCUT2D eigenvalue weighted by Crippen LogP contribution is -2.28. The highest BCUT2D eigenvalue weighted by Crippen LogP contribution is 2.30.